The molecular weight excluding hydrogens is 282 g/mol. The molecule has 2 heterocycles. The van der Waals surface area contributed by atoms with Crippen molar-refractivity contribution in [1.82, 2.24) is 0 Å². The van der Waals surface area contributed by atoms with E-state index in [-0.39, 0.29) is 10.8 Å². The van der Waals surface area contributed by atoms with Gasteiger partial charge in [-0.1, -0.05) is 0 Å². The number of aryl methyl sites for hydroxylation is 2. The second-order valence-electron chi connectivity index (χ2n) is 4.34. The average Bonchev–Trinajstić information content (AvgIpc) is 3.01. The Balaban J connectivity index is 1.81. The van der Waals surface area contributed by atoms with Crippen LogP contribution >= 0.6 is 22.7 Å². The lowest BCUT2D eigenvalue weighted by Crippen LogP contribution is -2.12. The van der Waals surface area contributed by atoms with Gasteiger partial charge >= 0.3 is 5.97 Å². The third-order valence-electron chi connectivity index (χ3n) is 3.08. The van der Waals surface area contributed by atoms with Crippen LogP contribution in [0.25, 0.3) is 0 Å². The number of carbonyl (C=O) groups is 2. The zero-order valence-corrected chi connectivity index (χ0v) is 11.6. The van der Waals surface area contributed by atoms with Crippen LogP contribution in [0.5, 0.6) is 0 Å². The molecule has 0 aromatic carbocycles. The summed E-state index contributed by atoms with van der Waals surface area (Å²) in [6, 6.07) is 3.54. The first-order valence-electron chi connectivity index (χ1n) is 5.89. The number of rotatable bonds is 3. The Morgan fingerprint density at radius 1 is 1.32 bits per heavy atom. The lowest BCUT2D eigenvalue weighted by molar-refractivity contribution is 0.0703. The number of aromatic carboxylic acids is 1. The van der Waals surface area contributed by atoms with Crippen LogP contribution in [-0.4, -0.2) is 17.0 Å². The van der Waals surface area contributed by atoms with Crippen LogP contribution in [0.15, 0.2) is 17.5 Å². The van der Waals surface area contributed by atoms with Gasteiger partial charge in [-0.25, -0.2) is 4.79 Å². The minimum absolute atomic E-state index is 0.164. The first-order valence-corrected chi connectivity index (χ1v) is 7.58. The number of hydrogen-bond donors (Lipinski definition) is 2. The van der Waals surface area contributed by atoms with Gasteiger partial charge in [-0.3, -0.25) is 4.79 Å². The Labute approximate surface area is 117 Å². The van der Waals surface area contributed by atoms with E-state index in [4.69, 9.17) is 5.11 Å². The second-order valence-corrected chi connectivity index (χ2v) is 6.39. The van der Waals surface area contributed by atoms with Crippen LogP contribution < -0.4 is 5.32 Å². The number of carbonyl (C=O) groups excluding carboxylic acids is 1. The number of hydrogen-bond acceptors (Lipinski definition) is 4. The molecule has 19 heavy (non-hydrogen) atoms. The Hall–Kier alpha value is -1.66. The molecule has 4 nitrogen and oxygen atoms in total. The molecule has 0 saturated heterocycles. The molecule has 0 bridgehead atoms. The summed E-state index contributed by atoms with van der Waals surface area (Å²) in [7, 11) is 0. The number of anilines is 1. The molecule has 1 aliphatic rings. The molecule has 3 rings (SSSR count). The van der Waals surface area contributed by atoms with Crippen molar-refractivity contribution in [2.45, 2.75) is 19.3 Å². The summed E-state index contributed by atoms with van der Waals surface area (Å²) in [5.74, 6) is -1.24. The van der Waals surface area contributed by atoms with Crippen LogP contribution in [0.3, 0.4) is 0 Å². The lowest BCUT2D eigenvalue weighted by atomic mass is 10.2. The highest BCUT2D eigenvalue weighted by Gasteiger charge is 2.20. The summed E-state index contributed by atoms with van der Waals surface area (Å²) < 4.78 is 0. The summed E-state index contributed by atoms with van der Waals surface area (Å²) in [4.78, 5) is 25.2. The molecule has 6 heteroatoms. The maximum absolute atomic E-state index is 12.1. The molecule has 0 saturated carbocycles. The predicted molar refractivity (Wildman–Crippen MR) is 75.6 cm³/mol. The number of amides is 1. The molecular formula is C13H11NO3S2. The van der Waals surface area contributed by atoms with E-state index in [1.54, 1.807) is 11.4 Å². The van der Waals surface area contributed by atoms with Crippen molar-refractivity contribution in [3.8, 4) is 0 Å². The highest BCUT2D eigenvalue weighted by atomic mass is 32.1. The summed E-state index contributed by atoms with van der Waals surface area (Å²) in [5, 5.41) is 13.3. The van der Waals surface area contributed by atoms with Gasteiger partial charge in [0.2, 0.25) is 0 Å². The number of thiophene rings is 2. The number of fused-ring (bicyclic) bond motifs is 1. The van der Waals surface area contributed by atoms with E-state index in [0.29, 0.717) is 10.6 Å². The van der Waals surface area contributed by atoms with E-state index in [1.165, 1.54) is 21.8 Å². The van der Waals surface area contributed by atoms with Crippen molar-refractivity contribution in [3.05, 3.63) is 37.7 Å². The van der Waals surface area contributed by atoms with Gasteiger partial charge < -0.3 is 10.4 Å². The van der Waals surface area contributed by atoms with E-state index in [2.05, 4.69) is 5.32 Å². The molecule has 2 aromatic heterocycles. The second kappa shape index (κ2) is 4.79. The SMILES string of the molecule is O=C(Nc1ccsc1C(=O)O)c1cc2c(s1)CCC2. The predicted octanol–water partition coefficient (Wildman–Crippen LogP) is 3.25. The molecule has 0 unspecified atom stereocenters. The zero-order chi connectivity index (χ0) is 13.4. The molecule has 0 aliphatic heterocycles. The standard InChI is InChI=1S/C13H11NO3S2/c15-12(10-6-7-2-1-3-9(7)19-10)14-8-4-5-18-11(8)13(16)17/h4-6H,1-3H2,(H,14,15)(H,16,17). The highest BCUT2D eigenvalue weighted by molar-refractivity contribution is 7.14. The van der Waals surface area contributed by atoms with Crippen molar-refractivity contribution in [2.24, 2.45) is 0 Å². The van der Waals surface area contributed by atoms with Gasteiger partial charge in [-0.05, 0) is 42.3 Å². The molecule has 0 spiro atoms. The van der Waals surface area contributed by atoms with E-state index in [0.717, 1.165) is 30.6 Å². The van der Waals surface area contributed by atoms with Gasteiger partial charge in [0.25, 0.3) is 5.91 Å². The van der Waals surface area contributed by atoms with Crippen molar-refractivity contribution in [3.63, 3.8) is 0 Å². The summed E-state index contributed by atoms with van der Waals surface area (Å²) >= 11 is 2.62. The zero-order valence-electron chi connectivity index (χ0n) is 9.93. The Morgan fingerprint density at radius 3 is 2.89 bits per heavy atom. The quantitative estimate of drug-likeness (QED) is 0.913. The van der Waals surface area contributed by atoms with Gasteiger partial charge in [-0.2, -0.15) is 0 Å². The third kappa shape index (κ3) is 2.29. The van der Waals surface area contributed by atoms with Crippen molar-refractivity contribution >= 4 is 40.2 Å². The van der Waals surface area contributed by atoms with Gasteiger partial charge in [0, 0.05) is 4.88 Å². The van der Waals surface area contributed by atoms with E-state index in [1.807, 2.05) is 6.07 Å². The van der Waals surface area contributed by atoms with E-state index >= 15 is 0 Å². The van der Waals surface area contributed by atoms with Crippen LogP contribution in [0, 0.1) is 0 Å². The molecule has 98 valence electrons. The number of carboxylic acids is 1. The maximum Gasteiger partial charge on any atom is 0.348 e. The van der Waals surface area contributed by atoms with Crippen LogP contribution in [0.4, 0.5) is 5.69 Å². The Kier molecular flexibility index (Phi) is 3.12. The van der Waals surface area contributed by atoms with Gasteiger partial charge in [0.15, 0.2) is 0 Å². The third-order valence-corrected chi connectivity index (χ3v) is 5.22. The van der Waals surface area contributed by atoms with Crippen LogP contribution in [0.1, 0.15) is 36.2 Å². The fraction of sp³-hybridized carbons (Fsp3) is 0.231. The minimum atomic E-state index is -1.01. The van der Waals surface area contributed by atoms with Gasteiger partial charge in [-0.15, -0.1) is 22.7 Å². The molecule has 1 amide bonds. The van der Waals surface area contributed by atoms with Crippen molar-refractivity contribution in [1.29, 1.82) is 0 Å². The summed E-state index contributed by atoms with van der Waals surface area (Å²) in [6.45, 7) is 0. The smallest absolute Gasteiger partial charge is 0.348 e. The van der Waals surface area contributed by atoms with Crippen molar-refractivity contribution in [2.75, 3.05) is 5.32 Å². The van der Waals surface area contributed by atoms with Crippen LogP contribution in [-0.2, 0) is 12.8 Å². The first kappa shape index (κ1) is 12.4. The van der Waals surface area contributed by atoms with E-state index in [9.17, 15) is 9.59 Å². The molecule has 2 N–H and O–H groups in total. The van der Waals surface area contributed by atoms with Gasteiger partial charge in [0.1, 0.15) is 4.88 Å². The monoisotopic (exact) mass is 293 g/mol. The van der Waals surface area contributed by atoms with Gasteiger partial charge in [0.05, 0.1) is 10.6 Å². The topological polar surface area (TPSA) is 66.4 Å². The van der Waals surface area contributed by atoms with Crippen molar-refractivity contribution < 1.29 is 14.7 Å². The largest absolute Gasteiger partial charge is 0.477 e. The number of nitrogens with one attached hydrogen (secondary N) is 1. The number of carboxylic acid groups (broad SMARTS) is 1. The molecule has 0 atom stereocenters. The van der Waals surface area contributed by atoms with Crippen LogP contribution in [0.2, 0.25) is 0 Å². The summed E-state index contributed by atoms with van der Waals surface area (Å²) in [6.07, 6.45) is 3.25. The lowest BCUT2D eigenvalue weighted by Gasteiger charge is -2.02. The molecule has 2 aromatic rings. The Morgan fingerprint density at radius 2 is 2.16 bits per heavy atom. The summed E-state index contributed by atoms with van der Waals surface area (Å²) in [5.41, 5.74) is 1.63. The molecule has 0 fully saturated rings. The fourth-order valence-corrected chi connectivity index (χ4v) is 4.03. The maximum atomic E-state index is 12.1. The fourth-order valence-electron chi connectivity index (χ4n) is 2.20. The van der Waals surface area contributed by atoms with E-state index < -0.39 is 5.97 Å². The molecule has 1 aliphatic carbocycles. The minimum Gasteiger partial charge on any atom is -0.477 e. The first-order chi connectivity index (χ1) is 9.15. The average molecular weight is 293 g/mol. The normalized spacial score (nSPS) is 13.3. The Bertz CT molecular complexity index is 635. The highest BCUT2D eigenvalue weighted by Crippen LogP contribution is 2.31. The molecule has 0 radical (unpaired) electrons.